The molecule has 96 valence electrons. The van der Waals surface area contributed by atoms with Crippen LogP contribution in [0.1, 0.15) is 15.9 Å². The highest BCUT2D eigenvalue weighted by Crippen LogP contribution is 2.30. The average molecular weight is 272 g/mol. The first-order valence-electron chi connectivity index (χ1n) is 5.91. The summed E-state index contributed by atoms with van der Waals surface area (Å²) in [5, 5.41) is 0. The van der Waals surface area contributed by atoms with Crippen molar-refractivity contribution in [3.63, 3.8) is 0 Å². The Labute approximate surface area is 113 Å². The number of rotatable bonds is 1. The van der Waals surface area contributed by atoms with Gasteiger partial charge in [-0.3, -0.25) is 4.79 Å². The van der Waals surface area contributed by atoms with Crippen LogP contribution < -0.4 is 4.74 Å². The zero-order valence-corrected chi connectivity index (χ0v) is 11.2. The molecule has 2 aromatic rings. The summed E-state index contributed by atoms with van der Waals surface area (Å²) in [5.41, 5.74) is 1.33. The van der Waals surface area contributed by atoms with Crippen molar-refractivity contribution in [2.75, 3.05) is 7.11 Å². The lowest BCUT2D eigenvalue weighted by molar-refractivity contribution is 0.0989. The highest BCUT2D eigenvalue weighted by atomic mass is 32.2. The zero-order chi connectivity index (χ0) is 13.4. The number of carbonyl (C=O) groups excluding carboxylic acids is 1. The summed E-state index contributed by atoms with van der Waals surface area (Å²) in [4.78, 5) is 13.6. The molecule has 3 nitrogen and oxygen atoms in total. The van der Waals surface area contributed by atoms with Gasteiger partial charge in [-0.1, -0.05) is 18.2 Å². The van der Waals surface area contributed by atoms with E-state index < -0.39 is 10.8 Å². The third kappa shape index (κ3) is 1.98. The van der Waals surface area contributed by atoms with E-state index in [4.69, 9.17) is 4.74 Å². The maximum Gasteiger partial charge on any atom is 0.168 e. The lowest BCUT2D eigenvalue weighted by atomic mass is 10.0. The third-order valence-electron chi connectivity index (χ3n) is 3.21. The number of hydrogen-bond donors (Lipinski definition) is 0. The highest BCUT2D eigenvalue weighted by Gasteiger charge is 2.25. The number of ketones is 1. The number of methoxy groups -OCH3 is 1. The van der Waals surface area contributed by atoms with E-state index in [0.717, 1.165) is 10.5 Å². The summed E-state index contributed by atoms with van der Waals surface area (Å²) in [7, 11) is 0.235. The van der Waals surface area contributed by atoms with E-state index >= 15 is 0 Å². The second kappa shape index (κ2) is 4.63. The molecule has 19 heavy (non-hydrogen) atoms. The maximum atomic E-state index is 12.6. The first-order chi connectivity index (χ1) is 9.20. The molecule has 0 saturated heterocycles. The normalized spacial score (nSPS) is 17.3. The molecule has 0 saturated carbocycles. The molecule has 0 spiro atoms. The topological polar surface area (TPSA) is 43.4 Å². The van der Waals surface area contributed by atoms with E-state index in [9.17, 15) is 9.00 Å². The molecule has 4 heteroatoms. The molecule has 0 N–H and O–H groups in total. The Bertz CT molecular complexity index is 692. The highest BCUT2D eigenvalue weighted by molar-refractivity contribution is 7.85. The van der Waals surface area contributed by atoms with Crippen molar-refractivity contribution in [2.45, 2.75) is 16.2 Å². The summed E-state index contributed by atoms with van der Waals surface area (Å²) in [5.74, 6) is 0.585. The van der Waals surface area contributed by atoms with Gasteiger partial charge in [-0.05, 0) is 29.8 Å². The lowest BCUT2D eigenvalue weighted by Gasteiger charge is -2.07. The third-order valence-corrected chi connectivity index (χ3v) is 4.76. The molecule has 1 aliphatic heterocycles. The van der Waals surface area contributed by atoms with E-state index in [1.54, 1.807) is 25.3 Å². The Kier molecular flexibility index (Phi) is 2.95. The standard InChI is InChI=1S/C15H12O3S/c1-18-11-6-7-15-12(9-11)13(16)8-10-4-2-3-5-14(10)19(15)17/h2-7,9H,8H2,1H3. The van der Waals surface area contributed by atoms with Crippen LogP contribution in [-0.2, 0) is 17.2 Å². The molecule has 2 aromatic carbocycles. The minimum Gasteiger partial charge on any atom is -0.497 e. The van der Waals surface area contributed by atoms with Gasteiger partial charge in [-0.15, -0.1) is 0 Å². The molecule has 0 fully saturated rings. The largest absolute Gasteiger partial charge is 0.497 e. The second-order valence-corrected chi connectivity index (χ2v) is 5.76. The van der Waals surface area contributed by atoms with Gasteiger partial charge in [0.15, 0.2) is 5.78 Å². The number of carbonyl (C=O) groups is 1. The fourth-order valence-electron chi connectivity index (χ4n) is 2.23. The number of Topliss-reactive ketones (excluding diaryl/α,β-unsaturated/α-hetero) is 1. The van der Waals surface area contributed by atoms with Gasteiger partial charge < -0.3 is 4.74 Å². The minimum absolute atomic E-state index is 0.0211. The van der Waals surface area contributed by atoms with Gasteiger partial charge in [0.2, 0.25) is 0 Å². The van der Waals surface area contributed by atoms with E-state index in [2.05, 4.69) is 0 Å². The van der Waals surface area contributed by atoms with Gasteiger partial charge in [-0.25, -0.2) is 4.21 Å². The van der Waals surface area contributed by atoms with E-state index in [-0.39, 0.29) is 12.2 Å². The van der Waals surface area contributed by atoms with Crippen molar-refractivity contribution < 1.29 is 13.7 Å². The van der Waals surface area contributed by atoms with Gasteiger partial charge in [0, 0.05) is 16.9 Å². The first kappa shape index (κ1) is 12.1. The molecule has 3 rings (SSSR count). The molecule has 0 aromatic heterocycles. The summed E-state index contributed by atoms with van der Waals surface area (Å²) in [6, 6.07) is 12.5. The molecule has 1 heterocycles. The second-order valence-electron chi connectivity index (χ2n) is 4.34. The van der Waals surface area contributed by atoms with Crippen LogP contribution in [0.25, 0.3) is 0 Å². The summed E-state index contributed by atoms with van der Waals surface area (Å²) < 4.78 is 17.7. The van der Waals surface area contributed by atoms with Crippen LogP contribution in [-0.4, -0.2) is 17.1 Å². The fourth-order valence-corrected chi connectivity index (χ4v) is 3.61. The molecule has 0 bridgehead atoms. The van der Waals surface area contributed by atoms with Gasteiger partial charge in [0.1, 0.15) is 5.75 Å². The molecule has 0 amide bonds. The van der Waals surface area contributed by atoms with Crippen LogP contribution in [0.3, 0.4) is 0 Å². The predicted molar refractivity (Wildman–Crippen MR) is 72.1 cm³/mol. The first-order valence-corrected chi connectivity index (χ1v) is 7.06. The fraction of sp³-hybridized carbons (Fsp3) is 0.133. The zero-order valence-electron chi connectivity index (χ0n) is 10.4. The van der Waals surface area contributed by atoms with Crippen molar-refractivity contribution in [3.05, 3.63) is 53.6 Å². The van der Waals surface area contributed by atoms with Crippen molar-refractivity contribution in [1.29, 1.82) is 0 Å². The molecular formula is C15H12O3S. The average Bonchev–Trinajstić information content (AvgIpc) is 2.55. The number of benzene rings is 2. The van der Waals surface area contributed by atoms with Gasteiger partial charge in [-0.2, -0.15) is 0 Å². The Morgan fingerprint density at radius 2 is 1.89 bits per heavy atom. The number of ether oxygens (including phenoxy) is 1. The van der Waals surface area contributed by atoms with Crippen LogP contribution >= 0.6 is 0 Å². The molecule has 0 aliphatic carbocycles. The maximum absolute atomic E-state index is 12.6. The summed E-state index contributed by atoms with van der Waals surface area (Å²) in [6.07, 6.45) is 0.280. The van der Waals surface area contributed by atoms with E-state index in [1.165, 1.54) is 0 Å². The summed E-state index contributed by atoms with van der Waals surface area (Å²) >= 11 is 0. The number of fused-ring (bicyclic) bond motifs is 2. The summed E-state index contributed by atoms with van der Waals surface area (Å²) in [6.45, 7) is 0. The molecule has 1 aliphatic rings. The lowest BCUT2D eigenvalue weighted by Crippen LogP contribution is -2.04. The number of hydrogen-bond acceptors (Lipinski definition) is 3. The van der Waals surface area contributed by atoms with Gasteiger partial charge >= 0.3 is 0 Å². The van der Waals surface area contributed by atoms with Crippen molar-refractivity contribution in [1.82, 2.24) is 0 Å². The van der Waals surface area contributed by atoms with Crippen molar-refractivity contribution in [2.24, 2.45) is 0 Å². The van der Waals surface area contributed by atoms with E-state index in [1.807, 2.05) is 24.3 Å². The van der Waals surface area contributed by atoms with Gasteiger partial charge in [0.05, 0.1) is 22.8 Å². The van der Waals surface area contributed by atoms with Crippen LogP contribution in [0.2, 0.25) is 0 Å². The quantitative estimate of drug-likeness (QED) is 0.801. The smallest absolute Gasteiger partial charge is 0.168 e. The SMILES string of the molecule is COc1ccc2c(c1)C(=O)Cc1ccccc1S2=O. The molecule has 1 atom stereocenters. The monoisotopic (exact) mass is 272 g/mol. The van der Waals surface area contributed by atoms with Crippen molar-refractivity contribution in [3.8, 4) is 5.75 Å². The molecular weight excluding hydrogens is 260 g/mol. The van der Waals surface area contributed by atoms with Crippen LogP contribution in [0.5, 0.6) is 5.75 Å². The Morgan fingerprint density at radius 3 is 2.68 bits per heavy atom. The predicted octanol–water partition coefficient (Wildman–Crippen LogP) is 2.60. The minimum atomic E-state index is -1.31. The molecule has 0 radical (unpaired) electrons. The van der Waals surface area contributed by atoms with Crippen molar-refractivity contribution >= 4 is 16.6 Å². The van der Waals surface area contributed by atoms with Crippen LogP contribution in [0.15, 0.2) is 52.3 Å². The van der Waals surface area contributed by atoms with Gasteiger partial charge in [0.25, 0.3) is 0 Å². The Hall–Kier alpha value is -1.94. The Balaban J connectivity index is 2.23. The van der Waals surface area contributed by atoms with Crippen LogP contribution in [0, 0.1) is 0 Å². The van der Waals surface area contributed by atoms with E-state index in [0.29, 0.717) is 16.2 Å². The van der Waals surface area contributed by atoms with Crippen LogP contribution in [0.4, 0.5) is 0 Å². The Morgan fingerprint density at radius 1 is 1.11 bits per heavy atom. The molecule has 1 unspecified atom stereocenters.